The van der Waals surface area contributed by atoms with Crippen LogP contribution in [0.1, 0.15) is 12.8 Å². The minimum Gasteiger partial charge on any atom is -0.368 e. The average molecular weight is 283 g/mol. The molecule has 7 heteroatoms. The third-order valence-electron chi connectivity index (χ3n) is 3.22. The van der Waals surface area contributed by atoms with Crippen LogP contribution in [0.2, 0.25) is 0 Å². The normalized spacial score (nSPS) is 22.3. The molecule has 0 aliphatic carbocycles. The number of nitrogens with zero attached hydrogens (tertiary/aromatic N) is 2. The van der Waals surface area contributed by atoms with Gasteiger partial charge in [-0.25, -0.2) is 18.4 Å². The summed E-state index contributed by atoms with van der Waals surface area (Å²) < 4.78 is 23.5. The Morgan fingerprint density at radius 1 is 1.44 bits per heavy atom. The van der Waals surface area contributed by atoms with Gasteiger partial charge in [-0.2, -0.15) is 0 Å². The zero-order valence-corrected chi connectivity index (χ0v) is 11.3. The molecule has 1 unspecified atom stereocenters. The Morgan fingerprint density at radius 2 is 2.33 bits per heavy atom. The standard InChI is InChI=1S/C11H13N3O2S2/c15-18(16)5-1-2-8(18)6-12-10-9-3-4-17-11(9)14-7-13-10/h3-4,7-8H,1-2,5-6H2,(H,12,13,14). The molecule has 1 fully saturated rings. The molecule has 0 radical (unpaired) electrons. The molecule has 0 saturated carbocycles. The minimum absolute atomic E-state index is 0.277. The van der Waals surface area contributed by atoms with E-state index < -0.39 is 9.84 Å². The predicted molar refractivity (Wildman–Crippen MR) is 72.7 cm³/mol. The smallest absolute Gasteiger partial charge is 0.154 e. The minimum atomic E-state index is -2.90. The van der Waals surface area contributed by atoms with Crippen LogP contribution in [0.3, 0.4) is 0 Å². The first-order chi connectivity index (χ1) is 8.67. The number of sulfone groups is 1. The van der Waals surface area contributed by atoms with E-state index in [1.807, 2.05) is 11.4 Å². The van der Waals surface area contributed by atoms with Crippen molar-refractivity contribution in [3.8, 4) is 0 Å². The van der Waals surface area contributed by atoms with Crippen LogP contribution in [-0.4, -0.2) is 35.9 Å². The van der Waals surface area contributed by atoms with E-state index in [2.05, 4.69) is 15.3 Å². The quantitative estimate of drug-likeness (QED) is 0.928. The second kappa shape index (κ2) is 4.47. The molecular formula is C11H13N3O2S2. The Labute approximate surface area is 109 Å². The fraction of sp³-hybridized carbons (Fsp3) is 0.455. The molecule has 0 aromatic carbocycles. The Kier molecular flexibility index (Phi) is 2.95. The molecule has 0 amide bonds. The van der Waals surface area contributed by atoms with Crippen molar-refractivity contribution in [2.45, 2.75) is 18.1 Å². The second-order valence-corrected chi connectivity index (χ2v) is 7.67. The zero-order valence-electron chi connectivity index (χ0n) is 9.67. The zero-order chi connectivity index (χ0) is 12.6. The molecule has 3 heterocycles. The Balaban J connectivity index is 1.79. The van der Waals surface area contributed by atoms with Crippen LogP contribution in [0.5, 0.6) is 0 Å². The van der Waals surface area contributed by atoms with Crippen LogP contribution in [0, 0.1) is 0 Å². The molecule has 0 spiro atoms. The van der Waals surface area contributed by atoms with Crippen molar-refractivity contribution in [3.63, 3.8) is 0 Å². The number of nitrogens with one attached hydrogen (secondary N) is 1. The van der Waals surface area contributed by atoms with Gasteiger partial charge in [-0.05, 0) is 24.3 Å². The fourth-order valence-corrected chi connectivity index (χ4v) is 4.73. The monoisotopic (exact) mass is 283 g/mol. The Hall–Kier alpha value is -1.21. The fourth-order valence-electron chi connectivity index (χ4n) is 2.23. The van der Waals surface area contributed by atoms with Crippen molar-refractivity contribution in [1.29, 1.82) is 0 Å². The summed E-state index contributed by atoms with van der Waals surface area (Å²) in [7, 11) is -2.90. The van der Waals surface area contributed by atoms with Gasteiger partial charge in [-0.15, -0.1) is 11.3 Å². The van der Waals surface area contributed by atoms with E-state index >= 15 is 0 Å². The lowest BCUT2D eigenvalue weighted by molar-refractivity contribution is 0.591. The van der Waals surface area contributed by atoms with Crippen molar-refractivity contribution >= 4 is 37.2 Å². The highest BCUT2D eigenvalue weighted by molar-refractivity contribution is 7.92. The van der Waals surface area contributed by atoms with Crippen molar-refractivity contribution in [2.75, 3.05) is 17.6 Å². The summed E-state index contributed by atoms with van der Waals surface area (Å²) in [6.07, 6.45) is 3.02. The number of fused-ring (bicyclic) bond motifs is 1. The number of thiophene rings is 1. The maximum absolute atomic E-state index is 11.7. The highest BCUT2D eigenvalue weighted by atomic mass is 32.2. The topological polar surface area (TPSA) is 72.0 Å². The lowest BCUT2D eigenvalue weighted by Crippen LogP contribution is -2.25. The molecule has 2 aromatic heterocycles. The highest BCUT2D eigenvalue weighted by Gasteiger charge is 2.30. The molecule has 1 aliphatic rings. The summed E-state index contributed by atoms with van der Waals surface area (Å²) in [6.45, 7) is 0.435. The molecule has 96 valence electrons. The van der Waals surface area contributed by atoms with Crippen LogP contribution in [0.25, 0.3) is 10.2 Å². The lowest BCUT2D eigenvalue weighted by Gasteiger charge is -2.11. The maximum Gasteiger partial charge on any atom is 0.154 e. The van der Waals surface area contributed by atoms with Gasteiger partial charge in [0.05, 0.1) is 16.4 Å². The first kappa shape index (κ1) is 11.9. The molecule has 18 heavy (non-hydrogen) atoms. The molecule has 3 rings (SSSR count). The second-order valence-electron chi connectivity index (χ2n) is 4.37. The molecule has 5 nitrogen and oxygen atoms in total. The number of aromatic nitrogens is 2. The van der Waals surface area contributed by atoms with Gasteiger partial charge >= 0.3 is 0 Å². The molecular weight excluding hydrogens is 270 g/mol. The van der Waals surface area contributed by atoms with E-state index in [1.54, 1.807) is 11.3 Å². The summed E-state index contributed by atoms with van der Waals surface area (Å²) >= 11 is 1.55. The number of anilines is 1. The largest absolute Gasteiger partial charge is 0.368 e. The third-order valence-corrected chi connectivity index (χ3v) is 6.32. The first-order valence-corrected chi connectivity index (χ1v) is 8.40. The average Bonchev–Trinajstić information content (AvgIpc) is 2.92. The van der Waals surface area contributed by atoms with Crippen LogP contribution in [0.4, 0.5) is 5.82 Å². The van der Waals surface area contributed by atoms with E-state index in [1.165, 1.54) is 6.33 Å². The van der Waals surface area contributed by atoms with Gasteiger partial charge in [-0.1, -0.05) is 0 Å². The first-order valence-electron chi connectivity index (χ1n) is 5.80. The predicted octanol–water partition coefficient (Wildman–Crippen LogP) is 1.68. The third kappa shape index (κ3) is 2.08. The van der Waals surface area contributed by atoms with Gasteiger partial charge in [0, 0.05) is 6.54 Å². The molecule has 2 aromatic rings. The van der Waals surface area contributed by atoms with Gasteiger partial charge in [0.25, 0.3) is 0 Å². The lowest BCUT2D eigenvalue weighted by atomic mass is 10.2. The molecule has 1 aliphatic heterocycles. The van der Waals surface area contributed by atoms with Crippen LogP contribution >= 0.6 is 11.3 Å². The maximum atomic E-state index is 11.7. The van der Waals surface area contributed by atoms with E-state index in [0.29, 0.717) is 12.3 Å². The van der Waals surface area contributed by atoms with E-state index in [4.69, 9.17) is 0 Å². The van der Waals surface area contributed by atoms with E-state index in [-0.39, 0.29) is 5.25 Å². The SMILES string of the molecule is O=S1(=O)CCCC1CNc1ncnc2sccc12. The van der Waals surface area contributed by atoms with Gasteiger partial charge in [0.1, 0.15) is 17.0 Å². The summed E-state index contributed by atoms with van der Waals surface area (Å²) in [5, 5.41) is 5.78. The molecule has 1 saturated heterocycles. The Morgan fingerprint density at radius 3 is 3.11 bits per heavy atom. The molecule has 1 atom stereocenters. The van der Waals surface area contributed by atoms with Gasteiger partial charge in [-0.3, -0.25) is 0 Å². The summed E-state index contributed by atoms with van der Waals surface area (Å²) in [5.41, 5.74) is 0. The number of hydrogen-bond acceptors (Lipinski definition) is 6. The van der Waals surface area contributed by atoms with Crippen molar-refractivity contribution in [3.05, 3.63) is 17.8 Å². The summed E-state index contributed by atoms with van der Waals surface area (Å²) in [5.74, 6) is 1.04. The number of hydrogen-bond donors (Lipinski definition) is 1. The van der Waals surface area contributed by atoms with Crippen LogP contribution < -0.4 is 5.32 Å². The van der Waals surface area contributed by atoms with Gasteiger partial charge in [0.15, 0.2) is 9.84 Å². The molecule has 0 bridgehead atoms. The van der Waals surface area contributed by atoms with Crippen molar-refractivity contribution in [1.82, 2.24) is 9.97 Å². The van der Waals surface area contributed by atoms with Crippen molar-refractivity contribution < 1.29 is 8.42 Å². The van der Waals surface area contributed by atoms with E-state index in [9.17, 15) is 8.42 Å². The van der Waals surface area contributed by atoms with Crippen LogP contribution in [0.15, 0.2) is 17.8 Å². The number of rotatable bonds is 3. The Bertz CT molecular complexity index is 666. The summed E-state index contributed by atoms with van der Waals surface area (Å²) in [6, 6.07) is 1.95. The van der Waals surface area contributed by atoms with E-state index in [0.717, 1.165) is 28.9 Å². The molecule has 1 N–H and O–H groups in total. The van der Waals surface area contributed by atoms with Gasteiger partial charge < -0.3 is 5.32 Å². The van der Waals surface area contributed by atoms with Crippen molar-refractivity contribution in [2.24, 2.45) is 0 Å². The summed E-state index contributed by atoms with van der Waals surface area (Å²) in [4.78, 5) is 9.26. The van der Waals surface area contributed by atoms with Gasteiger partial charge in [0.2, 0.25) is 0 Å². The highest BCUT2D eigenvalue weighted by Crippen LogP contribution is 2.25. The van der Waals surface area contributed by atoms with Crippen LogP contribution in [-0.2, 0) is 9.84 Å².